The Balaban J connectivity index is -0.00000264. The molecule has 5 heteroatoms. The molecule has 144 valence electrons. The molecular formula is C20H40KNO3. The second kappa shape index (κ2) is 19.3. The summed E-state index contributed by atoms with van der Waals surface area (Å²) in [4.78, 5) is 24.0. The fourth-order valence-corrected chi connectivity index (χ4v) is 2.85. The van der Waals surface area contributed by atoms with Crippen LogP contribution in [-0.4, -0.2) is 35.0 Å². The van der Waals surface area contributed by atoms with E-state index in [0.717, 1.165) is 12.8 Å². The maximum Gasteiger partial charge on any atom is 1.00 e. The van der Waals surface area contributed by atoms with E-state index in [-0.39, 0.29) is 58.7 Å². The van der Waals surface area contributed by atoms with Gasteiger partial charge in [0.05, 0.1) is 0 Å². The normalized spacial score (nSPS) is 11.6. The summed E-state index contributed by atoms with van der Waals surface area (Å²) >= 11 is 0. The van der Waals surface area contributed by atoms with Crippen LogP contribution in [0.5, 0.6) is 0 Å². The molecule has 0 aliphatic heterocycles. The summed E-state index contributed by atoms with van der Waals surface area (Å²) in [6.07, 6.45) is 17.1. The maximum absolute atomic E-state index is 11.9. The van der Waals surface area contributed by atoms with Gasteiger partial charge in [-0.2, -0.15) is 0 Å². The van der Waals surface area contributed by atoms with Crippen LogP contribution in [0.3, 0.4) is 0 Å². The molecule has 1 unspecified atom stereocenters. The third-order valence-electron chi connectivity index (χ3n) is 4.83. The number of hydrogen-bond donors (Lipinski definition) is 1. The Bertz CT molecular complexity index is 343. The number of amides is 1. The van der Waals surface area contributed by atoms with Crippen LogP contribution in [0.25, 0.3) is 0 Å². The number of carbonyl (C=O) groups excluding carboxylic acids is 1. The number of carbonyl (C=O) groups is 2. The molecule has 0 fully saturated rings. The predicted molar refractivity (Wildman–Crippen MR) is 101 cm³/mol. The average molecular weight is 382 g/mol. The number of nitrogens with zero attached hydrogens (tertiary/aromatic N) is 1. The molecule has 0 aromatic rings. The number of rotatable bonds is 16. The molecule has 0 aliphatic carbocycles. The Morgan fingerprint density at radius 3 is 1.56 bits per heavy atom. The number of unbranched alkanes of at least 4 members (excludes halogenated alkanes) is 12. The van der Waals surface area contributed by atoms with E-state index < -0.39 is 12.0 Å². The number of aliphatic carboxylic acids is 1. The van der Waals surface area contributed by atoms with Crippen molar-refractivity contribution in [3.63, 3.8) is 0 Å². The molecule has 4 nitrogen and oxygen atoms in total. The first-order chi connectivity index (χ1) is 11.5. The van der Waals surface area contributed by atoms with Gasteiger partial charge in [-0.25, -0.2) is 4.79 Å². The van der Waals surface area contributed by atoms with E-state index in [0.29, 0.717) is 6.42 Å². The molecular weight excluding hydrogens is 341 g/mol. The zero-order valence-corrected chi connectivity index (χ0v) is 20.3. The fraction of sp³-hybridized carbons (Fsp3) is 0.900. The Morgan fingerprint density at radius 2 is 1.20 bits per heavy atom. The van der Waals surface area contributed by atoms with Gasteiger partial charge >= 0.3 is 57.4 Å². The molecule has 0 radical (unpaired) electrons. The van der Waals surface area contributed by atoms with Crippen molar-refractivity contribution in [1.29, 1.82) is 0 Å². The van der Waals surface area contributed by atoms with Gasteiger partial charge in [0, 0.05) is 13.5 Å². The fourth-order valence-electron chi connectivity index (χ4n) is 2.85. The van der Waals surface area contributed by atoms with Crippen LogP contribution in [0, 0.1) is 0 Å². The van der Waals surface area contributed by atoms with Gasteiger partial charge in [0.15, 0.2) is 0 Å². The van der Waals surface area contributed by atoms with Crippen LogP contribution in [0.4, 0.5) is 0 Å². The summed E-state index contributed by atoms with van der Waals surface area (Å²) in [5, 5.41) is 8.89. The van der Waals surface area contributed by atoms with Crippen LogP contribution in [-0.2, 0) is 9.59 Å². The van der Waals surface area contributed by atoms with Crippen LogP contribution < -0.4 is 51.4 Å². The van der Waals surface area contributed by atoms with Crippen LogP contribution in [0.1, 0.15) is 105 Å². The topological polar surface area (TPSA) is 57.6 Å². The van der Waals surface area contributed by atoms with E-state index in [4.69, 9.17) is 5.11 Å². The van der Waals surface area contributed by atoms with Crippen LogP contribution in [0.15, 0.2) is 0 Å². The van der Waals surface area contributed by atoms with E-state index in [9.17, 15) is 9.59 Å². The summed E-state index contributed by atoms with van der Waals surface area (Å²) in [6.45, 7) is 3.80. The van der Waals surface area contributed by atoms with Gasteiger partial charge in [0.2, 0.25) is 5.91 Å². The van der Waals surface area contributed by atoms with Crippen molar-refractivity contribution in [2.75, 3.05) is 7.05 Å². The number of hydrogen-bond acceptors (Lipinski definition) is 2. The second-order valence-corrected chi connectivity index (χ2v) is 7.01. The summed E-state index contributed by atoms with van der Waals surface area (Å²) in [6, 6.07) is -0.737. The van der Waals surface area contributed by atoms with Crippen molar-refractivity contribution in [2.24, 2.45) is 0 Å². The average Bonchev–Trinajstić information content (AvgIpc) is 2.57. The van der Waals surface area contributed by atoms with Crippen molar-refractivity contribution < 1.29 is 67.5 Å². The van der Waals surface area contributed by atoms with E-state index in [1.54, 1.807) is 14.0 Å². The van der Waals surface area contributed by atoms with Crippen molar-refractivity contribution in [3.05, 3.63) is 0 Å². The van der Waals surface area contributed by atoms with Gasteiger partial charge in [-0.3, -0.25) is 4.79 Å². The first kappa shape index (κ1) is 27.8. The molecule has 0 saturated carbocycles. The third kappa shape index (κ3) is 16.5. The zero-order valence-electron chi connectivity index (χ0n) is 18.2. The molecule has 0 bridgehead atoms. The summed E-state index contributed by atoms with van der Waals surface area (Å²) < 4.78 is 0. The van der Waals surface area contributed by atoms with Crippen molar-refractivity contribution >= 4 is 11.9 Å². The molecule has 0 spiro atoms. The molecule has 0 aliphatic rings. The van der Waals surface area contributed by atoms with Gasteiger partial charge < -0.3 is 11.4 Å². The van der Waals surface area contributed by atoms with Crippen LogP contribution in [0.2, 0.25) is 0 Å². The molecule has 25 heavy (non-hydrogen) atoms. The molecule has 1 atom stereocenters. The zero-order chi connectivity index (χ0) is 18.2. The predicted octanol–water partition coefficient (Wildman–Crippen LogP) is 2.52. The van der Waals surface area contributed by atoms with E-state index >= 15 is 0 Å². The largest absolute Gasteiger partial charge is 1.00 e. The van der Waals surface area contributed by atoms with Gasteiger partial charge in [0.1, 0.15) is 6.04 Å². The van der Waals surface area contributed by atoms with Crippen molar-refractivity contribution in [2.45, 2.75) is 110 Å². The van der Waals surface area contributed by atoms with Crippen LogP contribution >= 0.6 is 0 Å². The van der Waals surface area contributed by atoms with Crippen molar-refractivity contribution in [1.82, 2.24) is 4.90 Å². The SMILES string of the molecule is CCCCCCCCCCCCCCCC(=O)N(C)C(C)C(=O)O.[H-].[K+]. The summed E-state index contributed by atoms with van der Waals surface area (Å²) in [5.74, 6) is -1.01. The van der Waals surface area contributed by atoms with Crippen molar-refractivity contribution in [3.8, 4) is 0 Å². The number of carboxylic acid groups (broad SMARTS) is 1. The minimum atomic E-state index is -0.948. The second-order valence-electron chi connectivity index (χ2n) is 7.01. The molecule has 0 heterocycles. The monoisotopic (exact) mass is 381 g/mol. The Hall–Kier alpha value is 0.576. The Kier molecular flexibility index (Phi) is 21.5. The summed E-state index contributed by atoms with van der Waals surface area (Å²) in [5.41, 5.74) is 0. The number of likely N-dealkylation sites (N-methyl/N-ethyl adjacent to an activating group) is 1. The quantitative estimate of drug-likeness (QED) is 0.330. The molecule has 0 saturated heterocycles. The van der Waals surface area contributed by atoms with Gasteiger partial charge in [-0.1, -0.05) is 84.0 Å². The molecule has 0 aromatic heterocycles. The third-order valence-corrected chi connectivity index (χ3v) is 4.83. The molecule has 1 amide bonds. The van der Waals surface area contributed by atoms with Gasteiger partial charge in [0.25, 0.3) is 0 Å². The maximum atomic E-state index is 11.9. The first-order valence-electron chi connectivity index (χ1n) is 9.99. The van der Waals surface area contributed by atoms with Gasteiger partial charge in [-0.05, 0) is 13.3 Å². The number of carboxylic acids is 1. The Morgan fingerprint density at radius 1 is 0.840 bits per heavy atom. The minimum absolute atomic E-state index is 0. The molecule has 0 rings (SSSR count). The van der Waals surface area contributed by atoms with E-state index in [2.05, 4.69) is 6.92 Å². The van der Waals surface area contributed by atoms with Gasteiger partial charge in [-0.15, -0.1) is 0 Å². The molecule has 0 aromatic carbocycles. The van der Waals surface area contributed by atoms with E-state index in [1.807, 2.05) is 0 Å². The van der Waals surface area contributed by atoms with E-state index in [1.165, 1.54) is 75.5 Å². The standard InChI is InChI=1S/C20H39NO3.K.H/c1-4-5-6-7-8-9-10-11-12-13-14-15-16-17-19(22)21(3)18(2)20(23)24;;/h18H,4-17H2,1-3H3,(H,23,24);;/q;+1;-1. The minimum Gasteiger partial charge on any atom is -1.00 e. The first-order valence-corrected chi connectivity index (χ1v) is 9.99. The Labute approximate surface area is 199 Å². The smallest absolute Gasteiger partial charge is 1.00 e. The molecule has 1 N–H and O–H groups in total. The summed E-state index contributed by atoms with van der Waals surface area (Å²) in [7, 11) is 1.57.